The Kier molecular flexibility index (Phi) is 4.95. The molecule has 0 amide bonds. The lowest BCUT2D eigenvalue weighted by molar-refractivity contribution is -0.0516. The monoisotopic (exact) mass is 376 g/mol. The van der Waals surface area contributed by atoms with Crippen LogP contribution in [0.2, 0.25) is 0 Å². The Morgan fingerprint density at radius 3 is 2.42 bits per heavy atom. The lowest BCUT2D eigenvalue weighted by atomic mass is 10.2. The maximum Gasteiger partial charge on any atom is 0.387 e. The highest BCUT2D eigenvalue weighted by molar-refractivity contribution is 14.1. The second-order valence-electron chi connectivity index (χ2n) is 3.74. The number of halogens is 3. The molecular weight excluding hydrogens is 365 g/mol. The molecule has 0 heterocycles. The van der Waals surface area contributed by atoms with Crippen LogP contribution in [0.5, 0.6) is 11.5 Å². The van der Waals surface area contributed by atoms with Crippen LogP contribution in [-0.2, 0) is 6.61 Å². The number of ether oxygens (including phenoxy) is 2. The van der Waals surface area contributed by atoms with Gasteiger partial charge in [-0.25, -0.2) is 0 Å². The van der Waals surface area contributed by atoms with Gasteiger partial charge in [0.1, 0.15) is 6.61 Å². The first-order chi connectivity index (χ1) is 9.15. The van der Waals surface area contributed by atoms with Gasteiger partial charge in [0.25, 0.3) is 0 Å². The van der Waals surface area contributed by atoms with Gasteiger partial charge in [-0.15, -0.1) is 0 Å². The standard InChI is InChI=1S/C14H11F2IO2/c15-14(16)19-12-7-6-11(17)8-13(12)18-9-10-4-2-1-3-5-10/h1-8,14H,9H2. The molecule has 2 rings (SSSR count). The van der Waals surface area contributed by atoms with Crippen LogP contribution in [-0.4, -0.2) is 6.61 Å². The number of benzene rings is 2. The van der Waals surface area contributed by atoms with Crippen molar-refractivity contribution in [1.29, 1.82) is 0 Å². The van der Waals surface area contributed by atoms with Gasteiger partial charge in [0.2, 0.25) is 0 Å². The van der Waals surface area contributed by atoms with Crippen molar-refractivity contribution in [3.63, 3.8) is 0 Å². The van der Waals surface area contributed by atoms with E-state index in [-0.39, 0.29) is 5.75 Å². The summed E-state index contributed by atoms with van der Waals surface area (Å²) in [4.78, 5) is 0. The molecule has 0 saturated heterocycles. The Balaban J connectivity index is 2.12. The van der Waals surface area contributed by atoms with Crippen LogP contribution in [0.15, 0.2) is 48.5 Å². The summed E-state index contributed by atoms with van der Waals surface area (Å²) in [6.07, 6.45) is 0. The second-order valence-corrected chi connectivity index (χ2v) is 4.99. The zero-order chi connectivity index (χ0) is 13.7. The summed E-state index contributed by atoms with van der Waals surface area (Å²) in [6.45, 7) is -2.56. The van der Waals surface area contributed by atoms with Crippen LogP contribution < -0.4 is 9.47 Å². The van der Waals surface area contributed by atoms with E-state index in [1.165, 1.54) is 6.07 Å². The Hall–Kier alpha value is -1.37. The molecule has 0 fully saturated rings. The first kappa shape index (κ1) is 14.0. The maximum atomic E-state index is 12.3. The summed E-state index contributed by atoms with van der Waals surface area (Å²) in [5.41, 5.74) is 0.962. The van der Waals surface area contributed by atoms with Crippen molar-refractivity contribution in [2.45, 2.75) is 13.2 Å². The van der Waals surface area contributed by atoms with E-state index in [4.69, 9.17) is 4.74 Å². The van der Waals surface area contributed by atoms with Crippen LogP contribution in [0.1, 0.15) is 5.56 Å². The fourth-order valence-electron chi connectivity index (χ4n) is 1.52. The molecule has 0 aliphatic carbocycles. The van der Waals surface area contributed by atoms with Crippen molar-refractivity contribution in [3.05, 3.63) is 57.7 Å². The Bertz CT molecular complexity index is 532. The fourth-order valence-corrected chi connectivity index (χ4v) is 1.99. The normalized spacial score (nSPS) is 10.5. The van der Waals surface area contributed by atoms with E-state index in [0.717, 1.165) is 9.13 Å². The van der Waals surface area contributed by atoms with Crippen LogP contribution >= 0.6 is 22.6 Å². The second kappa shape index (κ2) is 6.70. The van der Waals surface area contributed by atoms with Crippen molar-refractivity contribution < 1.29 is 18.3 Å². The summed E-state index contributed by atoms with van der Waals surface area (Å²) in [7, 11) is 0. The van der Waals surface area contributed by atoms with Gasteiger partial charge in [0.05, 0.1) is 0 Å². The lowest BCUT2D eigenvalue weighted by Gasteiger charge is -2.12. The number of rotatable bonds is 5. The molecule has 0 saturated carbocycles. The maximum absolute atomic E-state index is 12.3. The lowest BCUT2D eigenvalue weighted by Crippen LogP contribution is -2.05. The Morgan fingerprint density at radius 1 is 1.00 bits per heavy atom. The van der Waals surface area contributed by atoms with Gasteiger partial charge in [-0.1, -0.05) is 30.3 Å². The van der Waals surface area contributed by atoms with Gasteiger partial charge in [-0.2, -0.15) is 8.78 Å². The van der Waals surface area contributed by atoms with Crippen molar-refractivity contribution in [1.82, 2.24) is 0 Å². The summed E-state index contributed by atoms with van der Waals surface area (Å²) >= 11 is 2.09. The first-order valence-electron chi connectivity index (χ1n) is 5.56. The predicted molar refractivity (Wildman–Crippen MR) is 76.6 cm³/mol. The third-order valence-corrected chi connectivity index (χ3v) is 3.03. The molecule has 0 N–H and O–H groups in total. The minimum Gasteiger partial charge on any atom is -0.485 e. The number of alkyl halides is 2. The minimum atomic E-state index is -2.86. The number of hydrogen-bond donors (Lipinski definition) is 0. The predicted octanol–water partition coefficient (Wildman–Crippen LogP) is 4.47. The average Bonchev–Trinajstić information content (AvgIpc) is 2.40. The highest BCUT2D eigenvalue weighted by Crippen LogP contribution is 2.31. The van der Waals surface area contributed by atoms with Crippen LogP contribution in [0.4, 0.5) is 8.78 Å². The Morgan fingerprint density at radius 2 is 1.74 bits per heavy atom. The zero-order valence-electron chi connectivity index (χ0n) is 9.85. The van der Waals surface area contributed by atoms with Gasteiger partial charge in [0.15, 0.2) is 11.5 Å². The molecule has 2 aromatic rings. The van der Waals surface area contributed by atoms with Gasteiger partial charge >= 0.3 is 6.61 Å². The average molecular weight is 376 g/mol. The molecule has 2 aromatic carbocycles. The van der Waals surface area contributed by atoms with Crippen molar-refractivity contribution in [2.75, 3.05) is 0 Å². The molecule has 0 spiro atoms. The molecule has 19 heavy (non-hydrogen) atoms. The van der Waals surface area contributed by atoms with Gasteiger partial charge in [0, 0.05) is 3.57 Å². The van der Waals surface area contributed by atoms with Crippen LogP contribution in [0, 0.1) is 3.57 Å². The topological polar surface area (TPSA) is 18.5 Å². The van der Waals surface area contributed by atoms with E-state index in [1.807, 2.05) is 30.3 Å². The van der Waals surface area contributed by atoms with Gasteiger partial charge in [-0.05, 0) is 46.4 Å². The molecule has 0 aliphatic rings. The molecule has 5 heteroatoms. The molecule has 0 bridgehead atoms. The zero-order valence-corrected chi connectivity index (χ0v) is 12.0. The van der Waals surface area contributed by atoms with Crippen molar-refractivity contribution in [3.8, 4) is 11.5 Å². The highest BCUT2D eigenvalue weighted by Gasteiger charge is 2.11. The SMILES string of the molecule is FC(F)Oc1ccc(I)cc1OCc1ccccc1. The molecule has 0 aromatic heterocycles. The first-order valence-corrected chi connectivity index (χ1v) is 6.64. The van der Waals surface area contributed by atoms with E-state index in [0.29, 0.717) is 12.4 Å². The molecular formula is C14H11F2IO2. The third-order valence-electron chi connectivity index (χ3n) is 2.36. The summed E-state index contributed by atoms with van der Waals surface area (Å²) in [5.74, 6) is 0.363. The van der Waals surface area contributed by atoms with E-state index in [9.17, 15) is 8.78 Å². The van der Waals surface area contributed by atoms with E-state index in [1.54, 1.807) is 12.1 Å². The third kappa shape index (κ3) is 4.34. The molecule has 0 radical (unpaired) electrons. The fraction of sp³-hybridized carbons (Fsp3) is 0.143. The van der Waals surface area contributed by atoms with E-state index >= 15 is 0 Å². The largest absolute Gasteiger partial charge is 0.485 e. The van der Waals surface area contributed by atoms with Crippen LogP contribution in [0.25, 0.3) is 0 Å². The molecule has 0 aliphatic heterocycles. The van der Waals surface area contributed by atoms with Gasteiger partial charge in [-0.3, -0.25) is 0 Å². The Labute approximate surface area is 123 Å². The quantitative estimate of drug-likeness (QED) is 0.717. The summed E-state index contributed by atoms with van der Waals surface area (Å²) in [6, 6.07) is 14.3. The van der Waals surface area contributed by atoms with Crippen molar-refractivity contribution >= 4 is 22.6 Å². The molecule has 2 nitrogen and oxygen atoms in total. The molecule has 0 unspecified atom stereocenters. The van der Waals surface area contributed by atoms with E-state index < -0.39 is 6.61 Å². The summed E-state index contributed by atoms with van der Waals surface area (Å²) in [5, 5.41) is 0. The number of hydrogen-bond acceptors (Lipinski definition) is 2. The molecule has 0 atom stereocenters. The highest BCUT2D eigenvalue weighted by atomic mass is 127. The minimum absolute atomic E-state index is 0.0475. The molecule has 100 valence electrons. The van der Waals surface area contributed by atoms with Gasteiger partial charge < -0.3 is 9.47 Å². The smallest absolute Gasteiger partial charge is 0.387 e. The van der Waals surface area contributed by atoms with Crippen LogP contribution in [0.3, 0.4) is 0 Å². The summed E-state index contributed by atoms with van der Waals surface area (Å²) < 4.78 is 35.4. The van der Waals surface area contributed by atoms with Crippen molar-refractivity contribution in [2.24, 2.45) is 0 Å². The van der Waals surface area contributed by atoms with E-state index in [2.05, 4.69) is 27.3 Å².